The molecule has 0 radical (unpaired) electrons. The quantitative estimate of drug-likeness (QED) is 0.549. The lowest BCUT2D eigenvalue weighted by Gasteiger charge is -2.27. The number of imide groups is 2. The number of nitrogens with zero attached hydrogens (tertiary/aromatic N) is 5. The van der Waals surface area contributed by atoms with Crippen molar-refractivity contribution in [1.29, 1.82) is 0 Å². The van der Waals surface area contributed by atoms with E-state index in [2.05, 4.69) is 36.5 Å². The molecule has 4 heterocycles. The highest BCUT2D eigenvalue weighted by molar-refractivity contribution is 9.10. The van der Waals surface area contributed by atoms with Crippen LogP contribution in [0.1, 0.15) is 39.1 Å². The Morgan fingerprint density at radius 2 is 1.88 bits per heavy atom. The summed E-state index contributed by atoms with van der Waals surface area (Å²) in [6, 6.07) is 5.64. The third kappa shape index (κ3) is 3.21. The summed E-state index contributed by atoms with van der Waals surface area (Å²) in [4.78, 5) is 54.8. The number of fused-ring (bicyclic) bond motifs is 1. The van der Waals surface area contributed by atoms with Crippen molar-refractivity contribution in [2.75, 3.05) is 0 Å². The van der Waals surface area contributed by atoms with E-state index in [9.17, 15) is 19.2 Å². The van der Waals surface area contributed by atoms with Crippen molar-refractivity contribution in [3.63, 3.8) is 0 Å². The summed E-state index contributed by atoms with van der Waals surface area (Å²) >= 11 is 3.38. The van der Waals surface area contributed by atoms with Crippen molar-refractivity contribution in [2.24, 2.45) is 0 Å². The van der Waals surface area contributed by atoms with Crippen LogP contribution in [0.3, 0.4) is 0 Å². The molecule has 160 valence electrons. The summed E-state index contributed by atoms with van der Waals surface area (Å²) in [6.45, 7) is 1.91. The number of hydrogen-bond acceptors (Lipinski definition) is 7. The third-order valence-corrected chi connectivity index (χ3v) is 5.90. The molecule has 3 aromatic rings. The second-order valence-corrected chi connectivity index (χ2v) is 8.46. The number of benzene rings is 1. The molecular weight excluding hydrogens is 480 g/mol. The zero-order valence-corrected chi connectivity index (χ0v) is 18.3. The fourth-order valence-electron chi connectivity index (χ4n) is 3.91. The maximum atomic E-state index is 13.0. The van der Waals surface area contributed by atoms with Gasteiger partial charge in [0.25, 0.3) is 11.8 Å². The number of pyridine rings is 1. The van der Waals surface area contributed by atoms with Crippen molar-refractivity contribution < 1.29 is 19.2 Å². The van der Waals surface area contributed by atoms with E-state index in [1.54, 1.807) is 24.5 Å². The number of carbonyl (C=O) groups is 4. The van der Waals surface area contributed by atoms with Crippen molar-refractivity contribution in [3.05, 3.63) is 57.8 Å². The minimum absolute atomic E-state index is 0.0697. The molecule has 1 unspecified atom stereocenters. The molecule has 0 saturated carbocycles. The van der Waals surface area contributed by atoms with Gasteiger partial charge in [0.15, 0.2) is 0 Å². The Morgan fingerprint density at radius 1 is 1.09 bits per heavy atom. The molecule has 0 spiro atoms. The van der Waals surface area contributed by atoms with E-state index < -0.39 is 29.7 Å². The van der Waals surface area contributed by atoms with Gasteiger partial charge in [0.1, 0.15) is 11.7 Å². The third-order valence-electron chi connectivity index (χ3n) is 5.47. The van der Waals surface area contributed by atoms with Gasteiger partial charge in [0, 0.05) is 17.1 Å². The van der Waals surface area contributed by atoms with Crippen LogP contribution in [0.2, 0.25) is 0 Å². The number of amides is 4. The van der Waals surface area contributed by atoms with E-state index >= 15 is 0 Å². The van der Waals surface area contributed by atoms with Crippen molar-refractivity contribution in [3.8, 4) is 17.1 Å². The number of nitrogens with one attached hydrogen (secondary N) is 1. The molecule has 5 rings (SSSR count). The minimum Gasteiger partial charge on any atom is -0.295 e. The van der Waals surface area contributed by atoms with E-state index in [0.717, 1.165) is 14.9 Å². The monoisotopic (exact) mass is 494 g/mol. The molecule has 0 bridgehead atoms. The van der Waals surface area contributed by atoms with Crippen molar-refractivity contribution in [2.45, 2.75) is 25.8 Å². The lowest BCUT2D eigenvalue weighted by Crippen LogP contribution is -2.54. The van der Waals surface area contributed by atoms with Gasteiger partial charge in [-0.15, -0.1) is 5.10 Å². The smallest absolute Gasteiger partial charge is 0.262 e. The highest BCUT2D eigenvalue weighted by atomic mass is 79.9. The van der Waals surface area contributed by atoms with Gasteiger partial charge in [-0.3, -0.25) is 34.4 Å². The van der Waals surface area contributed by atoms with Crippen LogP contribution in [0, 0.1) is 6.92 Å². The van der Waals surface area contributed by atoms with Gasteiger partial charge >= 0.3 is 0 Å². The molecule has 2 aliphatic heterocycles. The second-order valence-electron chi connectivity index (χ2n) is 7.54. The second kappa shape index (κ2) is 7.45. The maximum Gasteiger partial charge on any atom is 0.262 e. The topological polar surface area (TPSA) is 127 Å². The Hall–Kier alpha value is -3.73. The fourth-order valence-corrected chi connectivity index (χ4v) is 4.35. The first-order chi connectivity index (χ1) is 15.3. The number of piperidine rings is 1. The fraction of sp³-hybridized carbons (Fsp3) is 0.190. The molecule has 0 aliphatic carbocycles. The van der Waals surface area contributed by atoms with Gasteiger partial charge in [-0.05, 0) is 59.1 Å². The summed E-state index contributed by atoms with van der Waals surface area (Å²) in [5.74, 6) is -2.19. The van der Waals surface area contributed by atoms with Crippen LogP contribution >= 0.6 is 15.9 Å². The molecule has 1 saturated heterocycles. The minimum atomic E-state index is -1.01. The normalized spacial score (nSPS) is 18.2. The van der Waals surface area contributed by atoms with E-state index in [4.69, 9.17) is 0 Å². The Bertz CT molecular complexity index is 1330. The molecule has 1 aromatic carbocycles. The lowest BCUT2D eigenvalue weighted by molar-refractivity contribution is -0.136. The molecule has 1 atom stereocenters. The van der Waals surface area contributed by atoms with Crippen LogP contribution < -0.4 is 5.32 Å². The molecule has 4 amide bonds. The molecule has 11 heteroatoms. The van der Waals surface area contributed by atoms with Crippen LogP contribution in [-0.2, 0) is 9.59 Å². The molecule has 32 heavy (non-hydrogen) atoms. The van der Waals surface area contributed by atoms with Gasteiger partial charge in [0.2, 0.25) is 11.8 Å². The molecule has 1 fully saturated rings. The first-order valence-electron chi connectivity index (χ1n) is 9.74. The molecule has 2 aromatic heterocycles. The van der Waals surface area contributed by atoms with E-state index in [1.807, 2.05) is 13.0 Å². The van der Waals surface area contributed by atoms with Crippen LogP contribution in [0.4, 0.5) is 0 Å². The Kier molecular flexibility index (Phi) is 4.70. The number of aryl methyl sites for hydroxylation is 1. The predicted molar refractivity (Wildman–Crippen MR) is 114 cm³/mol. The lowest BCUT2D eigenvalue weighted by atomic mass is 10.0. The Labute approximate surface area is 189 Å². The number of aromatic nitrogens is 4. The maximum absolute atomic E-state index is 13.0. The standard InChI is InChI=1S/C21H15BrN6O4/c1-10-6-11(22)8-23-18(10)15-9-27(26-25-15)12-2-3-13-14(7-12)21(32)28(20(13)31)16-4-5-17(29)24-19(16)30/h2-3,6-9,16H,4-5H2,1H3,(H,24,29,30). The number of rotatable bonds is 3. The Morgan fingerprint density at radius 3 is 2.62 bits per heavy atom. The number of hydrogen-bond donors (Lipinski definition) is 1. The molecule has 2 aliphatic rings. The van der Waals surface area contributed by atoms with Gasteiger partial charge in [-0.25, -0.2) is 4.68 Å². The molecule has 1 N–H and O–H groups in total. The predicted octanol–water partition coefficient (Wildman–Crippen LogP) is 1.80. The van der Waals surface area contributed by atoms with E-state index in [1.165, 1.54) is 10.7 Å². The molecule has 10 nitrogen and oxygen atoms in total. The van der Waals surface area contributed by atoms with Gasteiger partial charge in [0.05, 0.1) is 28.7 Å². The van der Waals surface area contributed by atoms with Gasteiger partial charge in [-0.1, -0.05) is 5.21 Å². The van der Waals surface area contributed by atoms with E-state index in [-0.39, 0.29) is 24.0 Å². The first kappa shape index (κ1) is 20.2. The van der Waals surface area contributed by atoms with Crippen molar-refractivity contribution >= 4 is 39.6 Å². The summed E-state index contributed by atoms with van der Waals surface area (Å²) in [6.07, 6.45) is 3.53. The SMILES string of the molecule is Cc1cc(Br)cnc1-c1cn(-c2ccc3c(c2)C(=O)N(C2CCC(=O)NC2=O)C3=O)nn1. The van der Waals surface area contributed by atoms with Crippen LogP contribution in [0.25, 0.3) is 17.1 Å². The van der Waals surface area contributed by atoms with Crippen molar-refractivity contribution in [1.82, 2.24) is 30.2 Å². The summed E-state index contributed by atoms with van der Waals surface area (Å²) in [5.41, 5.74) is 3.06. The zero-order chi connectivity index (χ0) is 22.6. The summed E-state index contributed by atoms with van der Waals surface area (Å²) < 4.78 is 2.35. The first-order valence-corrected chi connectivity index (χ1v) is 10.5. The largest absolute Gasteiger partial charge is 0.295 e. The molecular formula is C21H15BrN6O4. The van der Waals surface area contributed by atoms with E-state index in [0.29, 0.717) is 17.1 Å². The zero-order valence-electron chi connectivity index (χ0n) is 16.7. The average molecular weight is 495 g/mol. The van der Waals surface area contributed by atoms with Crippen LogP contribution in [0.5, 0.6) is 0 Å². The number of halogens is 1. The average Bonchev–Trinajstić information content (AvgIpc) is 3.33. The van der Waals surface area contributed by atoms with Crippen LogP contribution in [-0.4, -0.2) is 54.5 Å². The highest BCUT2D eigenvalue weighted by Gasteiger charge is 2.44. The van der Waals surface area contributed by atoms with Gasteiger partial charge < -0.3 is 0 Å². The summed E-state index contributed by atoms with van der Waals surface area (Å²) in [7, 11) is 0. The van der Waals surface area contributed by atoms with Gasteiger partial charge in [-0.2, -0.15) is 0 Å². The Balaban J connectivity index is 1.46. The summed E-state index contributed by atoms with van der Waals surface area (Å²) in [5, 5.41) is 10.5. The van der Waals surface area contributed by atoms with Crippen LogP contribution in [0.15, 0.2) is 41.1 Å². The number of carbonyl (C=O) groups excluding carboxylic acids is 4. The highest BCUT2D eigenvalue weighted by Crippen LogP contribution is 2.29.